The summed E-state index contributed by atoms with van der Waals surface area (Å²) in [4.78, 5) is 14.2. The molecule has 0 radical (unpaired) electrons. The molecule has 0 N–H and O–H groups in total. The molecule has 0 aromatic heterocycles. The van der Waals surface area contributed by atoms with Gasteiger partial charge in [0.2, 0.25) is 0 Å². The maximum Gasteiger partial charge on any atom is 0.160 e. The molecule has 2 heteroatoms. The van der Waals surface area contributed by atoms with Gasteiger partial charge in [-0.3, -0.25) is 4.79 Å². The van der Waals surface area contributed by atoms with Gasteiger partial charge in [0.25, 0.3) is 0 Å². The topological polar surface area (TPSA) is 20.3 Å². The van der Waals surface area contributed by atoms with Gasteiger partial charge in [-0.1, -0.05) is 34.6 Å². The van der Waals surface area contributed by atoms with Gasteiger partial charge >= 0.3 is 0 Å². The van der Waals surface area contributed by atoms with Gasteiger partial charge in [-0.2, -0.15) is 0 Å². The summed E-state index contributed by atoms with van der Waals surface area (Å²) in [6, 6.07) is 0. The molecule has 16 heavy (non-hydrogen) atoms. The molecular weight excluding hydrogens is 198 g/mol. The van der Waals surface area contributed by atoms with Crippen LogP contribution in [0.5, 0.6) is 0 Å². The van der Waals surface area contributed by atoms with Crippen molar-refractivity contribution in [3.8, 4) is 0 Å². The summed E-state index contributed by atoms with van der Waals surface area (Å²) in [5.41, 5.74) is 1.07. The Kier molecular flexibility index (Phi) is 4.17. The number of Topliss-reactive ketones (excluding diaryl/α,β-unsaturated/α-hetero) is 1. The zero-order valence-electron chi connectivity index (χ0n) is 11.3. The van der Waals surface area contributed by atoms with E-state index in [1.54, 1.807) is 0 Å². The van der Waals surface area contributed by atoms with E-state index >= 15 is 0 Å². The van der Waals surface area contributed by atoms with Crippen molar-refractivity contribution in [3.63, 3.8) is 0 Å². The van der Waals surface area contributed by atoms with Crippen molar-refractivity contribution < 1.29 is 4.79 Å². The number of carbonyl (C=O) groups excluding carboxylic acids is 1. The average Bonchev–Trinajstić information content (AvgIpc) is 2.19. The fraction of sp³-hybridized carbons (Fsp3) is 0.786. The first-order chi connectivity index (χ1) is 7.36. The van der Waals surface area contributed by atoms with Gasteiger partial charge in [-0.05, 0) is 17.8 Å². The van der Waals surface area contributed by atoms with Gasteiger partial charge in [-0.15, -0.1) is 0 Å². The molecule has 0 aromatic carbocycles. The predicted molar refractivity (Wildman–Crippen MR) is 68.2 cm³/mol. The van der Waals surface area contributed by atoms with E-state index in [9.17, 15) is 4.79 Å². The normalized spacial score (nSPS) is 19.9. The van der Waals surface area contributed by atoms with Crippen molar-refractivity contribution in [2.45, 2.75) is 47.5 Å². The van der Waals surface area contributed by atoms with E-state index in [1.165, 1.54) is 0 Å². The van der Waals surface area contributed by atoms with Crippen LogP contribution >= 0.6 is 0 Å². The number of hydrogen-bond acceptors (Lipinski definition) is 2. The van der Waals surface area contributed by atoms with Crippen molar-refractivity contribution in [2.24, 2.45) is 11.3 Å². The molecule has 0 saturated heterocycles. The van der Waals surface area contributed by atoms with Gasteiger partial charge in [0.05, 0.1) is 0 Å². The lowest BCUT2D eigenvalue weighted by molar-refractivity contribution is -0.116. The molecule has 0 bridgehead atoms. The summed E-state index contributed by atoms with van der Waals surface area (Å²) in [6.45, 7) is 12.9. The number of nitrogens with zero attached hydrogens (tertiary/aromatic N) is 1. The van der Waals surface area contributed by atoms with Gasteiger partial charge < -0.3 is 4.90 Å². The van der Waals surface area contributed by atoms with Crippen molar-refractivity contribution >= 4 is 5.78 Å². The minimum Gasteiger partial charge on any atom is -0.377 e. The van der Waals surface area contributed by atoms with E-state index in [4.69, 9.17) is 0 Å². The quantitative estimate of drug-likeness (QED) is 0.729. The molecular formula is C14H25NO. The SMILES string of the molecule is CCC(=O)C1=CN(CC(C)C)CCC1(C)C. The third-order valence-electron chi connectivity index (χ3n) is 3.29. The molecule has 1 heterocycles. The van der Waals surface area contributed by atoms with Crippen molar-refractivity contribution in [3.05, 3.63) is 11.8 Å². The Morgan fingerprint density at radius 1 is 1.50 bits per heavy atom. The highest BCUT2D eigenvalue weighted by atomic mass is 16.1. The van der Waals surface area contributed by atoms with Crippen LogP contribution in [0.25, 0.3) is 0 Å². The molecule has 0 fully saturated rings. The summed E-state index contributed by atoms with van der Waals surface area (Å²) in [7, 11) is 0. The van der Waals surface area contributed by atoms with E-state index in [1.807, 2.05) is 6.92 Å². The molecule has 0 spiro atoms. The highest BCUT2D eigenvalue weighted by Crippen LogP contribution is 2.35. The molecule has 0 atom stereocenters. The Labute approximate surface area is 99.7 Å². The van der Waals surface area contributed by atoms with Crippen LogP contribution in [0, 0.1) is 11.3 Å². The maximum absolute atomic E-state index is 11.9. The summed E-state index contributed by atoms with van der Waals surface area (Å²) in [5.74, 6) is 0.953. The average molecular weight is 223 g/mol. The first kappa shape index (κ1) is 13.3. The Bertz CT molecular complexity index is 289. The minimum absolute atomic E-state index is 0.0561. The van der Waals surface area contributed by atoms with Crippen LogP contribution in [-0.4, -0.2) is 23.8 Å². The zero-order valence-corrected chi connectivity index (χ0v) is 11.3. The molecule has 92 valence electrons. The van der Waals surface area contributed by atoms with Crippen LogP contribution in [0.15, 0.2) is 11.8 Å². The van der Waals surface area contributed by atoms with Crippen LogP contribution in [0.4, 0.5) is 0 Å². The Morgan fingerprint density at radius 2 is 2.12 bits per heavy atom. The van der Waals surface area contributed by atoms with Crippen LogP contribution in [0.3, 0.4) is 0 Å². The zero-order chi connectivity index (χ0) is 12.3. The first-order valence-electron chi connectivity index (χ1n) is 6.36. The van der Waals surface area contributed by atoms with Gasteiger partial charge in [0.15, 0.2) is 5.78 Å². The highest BCUT2D eigenvalue weighted by Gasteiger charge is 2.31. The summed E-state index contributed by atoms with van der Waals surface area (Å²) in [6.07, 6.45) is 3.80. The molecule has 2 nitrogen and oxygen atoms in total. The van der Waals surface area contributed by atoms with Crippen LogP contribution in [0.2, 0.25) is 0 Å². The second-order valence-electron chi connectivity index (χ2n) is 5.84. The van der Waals surface area contributed by atoms with Crippen molar-refractivity contribution in [1.29, 1.82) is 0 Å². The molecule has 1 aliphatic heterocycles. The Hall–Kier alpha value is -0.790. The highest BCUT2D eigenvalue weighted by molar-refractivity contribution is 5.96. The fourth-order valence-corrected chi connectivity index (χ4v) is 2.23. The number of rotatable bonds is 4. The van der Waals surface area contributed by atoms with E-state index in [0.29, 0.717) is 18.1 Å². The summed E-state index contributed by atoms with van der Waals surface area (Å²) in [5, 5.41) is 0. The second-order valence-corrected chi connectivity index (χ2v) is 5.84. The number of allylic oxidation sites excluding steroid dienone is 1. The molecule has 1 rings (SSSR count). The van der Waals surface area contributed by atoms with Gasteiger partial charge in [0, 0.05) is 31.3 Å². The van der Waals surface area contributed by atoms with Gasteiger partial charge in [0.1, 0.15) is 0 Å². The third kappa shape index (κ3) is 3.10. The fourth-order valence-electron chi connectivity index (χ4n) is 2.23. The molecule has 0 amide bonds. The van der Waals surface area contributed by atoms with E-state index in [0.717, 1.165) is 25.1 Å². The van der Waals surface area contributed by atoms with E-state index in [-0.39, 0.29) is 5.41 Å². The number of carbonyl (C=O) groups is 1. The summed E-state index contributed by atoms with van der Waals surface area (Å²) >= 11 is 0. The smallest absolute Gasteiger partial charge is 0.160 e. The largest absolute Gasteiger partial charge is 0.377 e. The molecule has 1 aliphatic rings. The number of ketones is 1. The van der Waals surface area contributed by atoms with E-state index in [2.05, 4.69) is 38.8 Å². The third-order valence-corrected chi connectivity index (χ3v) is 3.29. The summed E-state index contributed by atoms with van der Waals surface area (Å²) < 4.78 is 0. The van der Waals surface area contributed by atoms with Gasteiger partial charge in [-0.25, -0.2) is 0 Å². The molecule has 0 aromatic rings. The second kappa shape index (κ2) is 5.03. The maximum atomic E-state index is 11.9. The lowest BCUT2D eigenvalue weighted by atomic mass is 9.77. The molecule has 0 unspecified atom stereocenters. The van der Waals surface area contributed by atoms with E-state index < -0.39 is 0 Å². The molecule has 0 saturated carbocycles. The molecule has 0 aliphatic carbocycles. The van der Waals surface area contributed by atoms with Crippen LogP contribution in [0.1, 0.15) is 47.5 Å². The predicted octanol–water partition coefficient (Wildman–Crippen LogP) is 3.24. The number of hydrogen-bond donors (Lipinski definition) is 0. The minimum atomic E-state index is 0.0561. The Morgan fingerprint density at radius 3 is 2.62 bits per heavy atom. The monoisotopic (exact) mass is 223 g/mol. The van der Waals surface area contributed by atoms with Crippen LogP contribution < -0.4 is 0 Å². The van der Waals surface area contributed by atoms with Crippen LogP contribution in [-0.2, 0) is 4.79 Å². The lowest BCUT2D eigenvalue weighted by Gasteiger charge is -2.37. The standard InChI is InChI=1S/C14H25NO/c1-6-13(16)12-10-15(9-11(2)3)8-7-14(12,4)5/h10-11H,6-9H2,1-5H3. The lowest BCUT2D eigenvalue weighted by Crippen LogP contribution is -2.36. The van der Waals surface area contributed by atoms with Crippen molar-refractivity contribution in [1.82, 2.24) is 4.90 Å². The Balaban J connectivity index is 2.87. The van der Waals surface area contributed by atoms with Crippen molar-refractivity contribution in [2.75, 3.05) is 13.1 Å². The first-order valence-corrected chi connectivity index (χ1v) is 6.36.